The number of benzene rings is 1. The summed E-state index contributed by atoms with van der Waals surface area (Å²) < 4.78 is 34.4. The van der Waals surface area contributed by atoms with Crippen molar-refractivity contribution in [1.29, 1.82) is 0 Å². The van der Waals surface area contributed by atoms with Crippen LogP contribution in [0.15, 0.2) is 23.1 Å². The molecule has 1 aromatic rings. The maximum absolute atomic E-state index is 11.6. The Balaban J connectivity index is 2.18. The van der Waals surface area contributed by atoms with Crippen LogP contribution in [0, 0.1) is 6.92 Å². The van der Waals surface area contributed by atoms with Crippen molar-refractivity contribution in [3.8, 4) is 0 Å². The van der Waals surface area contributed by atoms with Crippen LogP contribution in [0.5, 0.6) is 0 Å². The number of sulfone groups is 1. The van der Waals surface area contributed by atoms with Crippen LogP contribution in [-0.4, -0.2) is 36.4 Å². The Bertz CT molecular complexity index is 586. The predicted octanol–water partition coefficient (Wildman–Crippen LogP) is 1.72. The molecule has 106 valence electrons. The van der Waals surface area contributed by atoms with Crippen LogP contribution in [-0.2, 0) is 20.6 Å². The average molecular weight is 301 g/mol. The summed E-state index contributed by atoms with van der Waals surface area (Å²) in [5.74, 6) is 1.45. The van der Waals surface area contributed by atoms with E-state index in [9.17, 15) is 12.6 Å². The lowest BCUT2D eigenvalue weighted by molar-refractivity contribution is 0.601. The predicted molar refractivity (Wildman–Crippen MR) is 78.8 cm³/mol. The lowest BCUT2D eigenvalue weighted by Gasteiger charge is -2.24. The summed E-state index contributed by atoms with van der Waals surface area (Å²) in [7, 11) is -3.86. The van der Waals surface area contributed by atoms with Crippen molar-refractivity contribution in [3.63, 3.8) is 0 Å². The molecule has 2 rings (SSSR count). The summed E-state index contributed by atoms with van der Waals surface area (Å²) in [5, 5.41) is 3.38. The van der Waals surface area contributed by atoms with Crippen molar-refractivity contribution >= 4 is 26.3 Å². The molecule has 1 saturated heterocycles. The van der Waals surface area contributed by atoms with E-state index in [1.54, 1.807) is 12.1 Å². The molecule has 4 nitrogen and oxygen atoms in total. The van der Waals surface area contributed by atoms with E-state index in [0.29, 0.717) is 4.90 Å². The summed E-state index contributed by atoms with van der Waals surface area (Å²) in [4.78, 5) is 0.333. The third-order valence-electron chi connectivity index (χ3n) is 3.38. The highest BCUT2D eigenvalue weighted by molar-refractivity contribution is 7.90. The molecule has 0 saturated carbocycles. The van der Waals surface area contributed by atoms with E-state index in [0.717, 1.165) is 35.6 Å². The SMILES string of the molecule is Cc1ccc(S(C)(=O)=O)cc1NC1CCS(=O)CC1. The standard InChI is InChI=1S/C13H19NO3S2/c1-10-3-4-12(19(2,16)17)9-13(10)14-11-5-7-18(15)8-6-11/h3-4,9,11,14H,5-8H2,1-2H3. The average Bonchev–Trinajstić information content (AvgIpc) is 2.33. The second kappa shape index (κ2) is 5.63. The molecule has 0 unspecified atom stereocenters. The smallest absolute Gasteiger partial charge is 0.175 e. The van der Waals surface area contributed by atoms with E-state index in [4.69, 9.17) is 0 Å². The van der Waals surface area contributed by atoms with Crippen molar-refractivity contribution in [2.45, 2.75) is 30.7 Å². The largest absolute Gasteiger partial charge is 0.382 e. The van der Waals surface area contributed by atoms with Crippen molar-refractivity contribution in [2.24, 2.45) is 0 Å². The fraction of sp³-hybridized carbons (Fsp3) is 0.538. The molecule has 0 amide bonds. The zero-order valence-electron chi connectivity index (χ0n) is 11.2. The fourth-order valence-electron chi connectivity index (χ4n) is 2.15. The zero-order chi connectivity index (χ0) is 14.0. The van der Waals surface area contributed by atoms with Gasteiger partial charge in [-0.05, 0) is 37.5 Å². The molecule has 0 radical (unpaired) electrons. The first-order chi connectivity index (χ1) is 8.86. The van der Waals surface area contributed by atoms with Gasteiger partial charge in [0.1, 0.15) is 0 Å². The molecule has 0 atom stereocenters. The number of hydrogen-bond donors (Lipinski definition) is 1. The first-order valence-corrected chi connectivity index (χ1v) is 9.66. The zero-order valence-corrected chi connectivity index (χ0v) is 12.8. The number of anilines is 1. The second-order valence-electron chi connectivity index (χ2n) is 5.02. The molecule has 1 fully saturated rings. The molecule has 1 heterocycles. The van der Waals surface area contributed by atoms with Crippen LogP contribution >= 0.6 is 0 Å². The van der Waals surface area contributed by atoms with Crippen LogP contribution in [0.4, 0.5) is 5.69 Å². The topological polar surface area (TPSA) is 63.2 Å². The highest BCUT2D eigenvalue weighted by Crippen LogP contribution is 2.23. The van der Waals surface area contributed by atoms with Gasteiger partial charge in [0, 0.05) is 40.3 Å². The number of hydrogen-bond acceptors (Lipinski definition) is 4. The van der Waals surface area contributed by atoms with E-state index < -0.39 is 20.6 Å². The molecule has 6 heteroatoms. The van der Waals surface area contributed by atoms with Gasteiger partial charge in [0.25, 0.3) is 0 Å². The summed E-state index contributed by atoms with van der Waals surface area (Å²) in [6.45, 7) is 1.95. The Hall–Kier alpha value is -0.880. The number of rotatable bonds is 3. The quantitative estimate of drug-likeness (QED) is 0.923. The lowest BCUT2D eigenvalue weighted by atomic mass is 10.1. The third kappa shape index (κ3) is 3.79. The van der Waals surface area contributed by atoms with Crippen molar-refractivity contribution < 1.29 is 12.6 Å². The van der Waals surface area contributed by atoms with E-state index >= 15 is 0 Å². The van der Waals surface area contributed by atoms with Gasteiger partial charge in [0.05, 0.1) is 4.90 Å². The minimum absolute atomic E-state index is 0.284. The van der Waals surface area contributed by atoms with Gasteiger partial charge < -0.3 is 5.32 Å². The van der Waals surface area contributed by atoms with Crippen LogP contribution < -0.4 is 5.32 Å². The Labute approximate surface area is 117 Å². The maximum Gasteiger partial charge on any atom is 0.175 e. The molecule has 19 heavy (non-hydrogen) atoms. The Morgan fingerprint density at radius 1 is 1.26 bits per heavy atom. The van der Waals surface area contributed by atoms with Gasteiger partial charge in [0.15, 0.2) is 9.84 Å². The minimum Gasteiger partial charge on any atom is -0.382 e. The van der Waals surface area contributed by atoms with Gasteiger partial charge in [-0.2, -0.15) is 0 Å². The minimum atomic E-state index is -3.18. The third-order valence-corrected chi connectivity index (χ3v) is 5.88. The van der Waals surface area contributed by atoms with Crippen LogP contribution in [0.25, 0.3) is 0 Å². The molecule has 0 spiro atoms. The van der Waals surface area contributed by atoms with Crippen molar-refractivity contribution in [1.82, 2.24) is 0 Å². The van der Waals surface area contributed by atoms with E-state index in [-0.39, 0.29) is 6.04 Å². The maximum atomic E-state index is 11.6. The highest BCUT2D eigenvalue weighted by Gasteiger charge is 2.18. The van der Waals surface area contributed by atoms with Gasteiger partial charge in [-0.15, -0.1) is 0 Å². The number of nitrogens with one attached hydrogen (secondary N) is 1. The molecule has 0 aromatic heterocycles. The van der Waals surface area contributed by atoms with E-state index in [1.807, 2.05) is 13.0 Å². The van der Waals surface area contributed by atoms with Crippen LogP contribution in [0.1, 0.15) is 18.4 Å². The first-order valence-electron chi connectivity index (χ1n) is 6.28. The Kier molecular flexibility index (Phi) is 4.30. The summed E-state index contributed by atoms with van der Waals surface area (Å²) in [6.07, 6.45) is 2.95. The second-order valence-corrected chi connectivity index (χ2v) is 8.73. The molecule has 1 aromatic carbocycles. The molecular formula is C13H19NO3S2. The van der Waals surface area contributed by atoms with Gasteiger partial charge >= 0.3 is 0 Å². The van der Waals surface area contributed by atoms with Gasteiger partial charge in [0.2, 0.25) is 0 Å². The molecule has 1 aliphatic rings. The normalized spacial score (nSPS) is 24.1. The van der Waals surface area contributed by atoms with Crippen LogP contribution in [0.3, 0.4) is 0 Å². The van der Waals surface area contributed by atoms with Gasteiger partial charge in [-0.3, -0.25) is 4.21 Å². The first kappa shape index (κ1) is 14.5. The summed E-state index contributed by atoms with van der Waals surface area (Å²) in [5.41, 5.74) is 1.89. The van der Waals surface area contributed by atoms with Crippen LogP contribution in [0.2, 0.25) is 0 Å². The van der Waals surface area contributed by atoms with Crippen molar-refractivity contribution in [2.75, 3.05) is 23.1 Å². The molecule has 1 N–H and O–H groups in total. The summed E-state index contributed by atoms with van der Waals surface area (Å²) >= 11 is 0. The molecule has 0 aliphatic carbocycles. The molecule has 0 bridgehead atoms. The molecular weight excluding hydrogens is 282 g/mol. The van der Waals surface area contributed by atoms with E-state index in [1.165, 1.54) is 6.26 Å². The lowest BCUT2D eigenvalue weighted by Crippen LogP contribution is -2.29. The van der Waals surface area contributed by atoms with Gasteiger partial charge in [-0.1, -0.05) is 6.07 Å². The molecule has 1 aliphatic heterocycles. The number of aryl methyl sites for hydroxylation is 1. The summed E-state index contributed by atoms with van der Waals surface area (Å²) in [6, 6.07) is 5.42. The fourth-order valence-corrected chi connectivity index (χ4v) is 4.09. The Morgan fingerprint density at radius 2 is 1.89 bits per heavy atom. The van der Waals surface area contributed by atoms with E-state index in [2.05, 4.69) is 5.32 Å². The monoisotopic (exact) mass is 301 g/mol. The van der Waals surface area contributed by atoms with Gasteiger partial charge in [-0.25, -0.2) is 8.42 Å². The van der Waals surface area contributed by atoms with Crippen molar-refractivity contribution in [3.05, 3.63) is 23.8 Å². The highest BCUT2D eigenvalue weighted by atomic mass is 32.2. The Morgan fingerprint density at radius 3 is 2.47 bits per heavy atom.